The number of nitrogens with one attached hydrogen (secondary N) is 1. The highest BCUT2D eigenvalue weighted by Crippen LogP contribution is 2.25. The second kappa shape index (κ2) is 5.93. The highest BCUT2D eigenvalue weighted by Gasteiger charge is 2.16. The Kier molecular flexibility index (Phi) is 4.06. The van der Waals surface area contributed by atoms with Gasteiger partial charge in [-0.15, -0.1) is 0 Å². The van der Waals surface area contributed by atoms with Crippen molar-refractivity contribution in [3.05, 3.63) is 47.2 Å². The average molecular weight is 270 g/mol. The molecule has 102 valence electrons. The van der Waals surface area contributed by atoms with Gasteiger partial charge in [-0.25, -0.2) is 0 Å². The zero-order valence-electron chi connectivity index (χ0n) is 11.3. The lowest BCUT2D eigenvalue weighted by molar-refractivity contribution is -0.118. The summed E-state index contributed by atoms with van der Waals surface area (Å²) in [5.41, 5.74) is 1.07. The van der Waals surface area contributed by atoms with Crippen LogP contribution in [-0.2, 0) is 4.79 Å². The summed E-state index contributed by atoms with van der Waals surface area (Å²) in [5.74, 6) is 1.01. The maximum absolute atomic E-state index is 11.8. The summed E-state index contributed by atoms with van der Waals surface area (Å²) >= 11 is 0. The van der Waals surface area contributed by atoms with E-state index in [2.05, 4.69) is 5.32 Å². The van der Waals surface area contributed by atoms with Gasteiger partial charge in [0.05, 0.1) is 0 Å². The summed E-state index contributed by atoms with van der Waals surface area (Å²) in [6, 6.07) is 11.0. The molecule has 0 saturated heterocycles. The predicted molar refractivity (Wildman–Crippen MR) is 73.5 cm³/mol. The molecule has 5 heteroatoms. The van der Waals surface area contributed by atoms with Crippen LogP contribution in [0.25, 0.3) is 0 Å². The number of ether oxygens (including phenoxy) is 1. The van der Waals surface area contributed by atoms with E-state index in [1.54, 1.807) is 26.0 Å². The first-order chi connectivity index (χ1) is 9.61. The van der Waals surface area contributed by atoms with E-state index < -0.39 is 0 Å². The number of para-hydroxylation sites is 1. The molecule has 5 nitrogen and oxygen atoms in total. The van der Waals surface area contributed by atoms with Crippen molar-refractivity contribution in [2.75, 3.05) is 11.9 Å². The van der Waals surface area contributed by atoms with Crippen molar-refractivity contribution in [2.24, 2.45) is 0 Å². The van der Waals surface area contributed by atoms with Gasteiger partial charge in [0.2, 0.25) is 5.88 Å². The van der Waals surface area contributed by atoms with Crippen LogP contribution < -0.4 is 10.1 Å². The number of rotatable bonds is 4. The van der Waals surface area contributed by atoms with Crippen molar-refractivity contribution in [3.8, 4) is 11.8 Å². The number of nitrogens with zero attached hydrogens (tertiary/aromatic N) is 1. The van der Waals surface area contributed by atoms with Crippen molar-refractivity contribution >= 4 is 11.8 Å². The van der Waals surface area contributed by atoms with Crippen molar-refractivity contribution in [3.63, 3.8) is 0 Å². The summed E-state index contributed by atoms with van der Waals surface area (Å²) in [4.78, 5) is 11.8. The topological polar surface area (TPSA) is 75.3 Å². The van der Waals surface area contributed by atoms with Crippen LogP contribution in [0.2, 0.25) is 0 Å². The van der Waals surface area contributed by atoms with Crippen LogP contribution in [0.5, 0.6) is 5.75 Å². The van der Waals surface area contributed by atoms with Gasteiger partial charge in [-0.1, -0.05) is 18.2 Å². The van der Waals surface area contributed by atoms with Gasteiger partial charge in [-0.2, -0.15) is 5.26 Å². The molecular weight excluding hydrogens is 256 g/mol. The molecule has 1 aromatic heterocycles. The normalized spacial score (nSPS) is 9.85. The summed E-state index contributed by atoms with van der Waals surface area (Å²) < 4.78 is 10.7. The van der Waals surface area contributed by atoms with E-state index in [1.165, 1.54) is 0 Å². The van der Waals surface area contributed by atoms with Crippen molar-refractivity contribution in [1.82, 2.24) is 0 Å². The van der Waals surface area contributed by atoms with Gasteiger partial charge >= 0.3 is 0 Å². The van der Waals surface area contributed by atoms with Crippen molar-refractivity contribution < 1.29 is 13.9 Å². The molecule has 2 rings (SSSR count). The maximum Gasteiger partial charge on any atom is 0.264 e. The molecule has 0 fully saturated rings. The molecule has 0 aliphatic rings. The van der Waals surface area contributed by atoms with Gasteiger partial charge in [0.15, 0.2) is 6.61 Å². The molecule has 0 aliphatic heterocycles. The zero-order valence-corrected chi connectivity index (χ0v) is 11.3. The lowest BCUT2D eigenvalue weighted by Crippen LogP contribution is -2.20. The van der Waals surface area contributed by atoms with Gasteiger partial charge in [0, 0.05) is 5.56 Å². The Morgan fingerprint density at radius 1 is 1.35 bits per heavy atom. The minimum Gasteiger partial charge on any atom is -0.484 e. The number of benzene rings is 1. The summed E-state index contributed by atoms with van der Waals surface area (Å²) in [7, 11) is 0. The first-order valence-electron chi connectivity index (χ1n) is 6.09. The summed E-state index contributed by atoms with van der Waals surface area (Å²) in [6.45, 7) is 3.37. The summed E-state index contributed by atoms with van der Waals surface area (Å²) in [5, 5.41) is 11.6. The monoisotopic (exact) mass is 270 g/mol. The van der Waals surface area contributed by atoms with E-state index in [0.717, 1.165) is 5.56 Å². The quantitative estimate of drug-likeness (QED) is 0.926. The molecular formula is C15H14N2O3. The number of carbonyl (C=O) groups excluding carboxylic acids is 1. The number of nitriles is 1. The Morgan fingerprint density at radius 2 is 2.05 bits per heavy atom. The maximum atomic E-state index is 11.8. The Labute approximate surface area is 116 Å². The van der Waals surface area contributed by atoms with Gasteiger partial charge < -0.3 is 9.15 Å². The lowest BCUT2D eigenvalue weighted by atomic mass is 10.2. The third-order valence-electron chi connectivity index (χ3n) is 2.86. The Morgan fingerprint density at radius 3 is 2.70 bits per heavy atom. The molecule has 1 aromatic carbocycles. The molecule has 1 N–H and O–H groups in total. The molecule has 20 heavy (non-hydrogen) atoms. The Balaban J connectivity index is 1.99. The second-order valence-electron chi connectivity index (χ2n) is 4.25. The van der Waals surface area contributed by atoms with Crippen LogP contribution in [0.15, 0.2) is 34.7 Å². The fourth-order valence-corrected chi connectivity index (χ4v) is 1.68. The van der Waals surface area contributed by atoms with Gasteiger partial charge in [-0.3, -0.25) is 10.1 Å². The van der Waals surface area contributed by atoms with E-state index in [9.17, 15) is 4.79 Å². The smallest absolute Gasteiger partial charge is 0.264 e. The second-order valence-corrected chi connectivity index (χ2v) is 4.25. The van der Waals surface area contributed by atoms with E-state index >= 15 is 0 Å². The van der Waals surface area contributed by atoms with Crippen LogP contribution in [0, 0.1) is 25.2 Å². The van der Waals surface area contributed by atoms with Gasteiger partial charge in [0.1, 0.15) is 23.1 Å². The number of amides is 1. The highest BCUT2D eigenvalue weighted by molar-refractivity contribution is 5.92. The standard InChI is InChI=1S/C15H14N2O3/c1-10-11(2)20-15(13(10)8-16)17-14(18)9-19-12-6-4-3-5-7-12/h3-7H,9H2,1-2H3,(H,17,18). The third kappa shape index (κ3) is 2.98. The molecule has 0 radical (unpaired) electrons. The van der Waals surface area contributed by atoms with Crippen LogP contribution in [0.3, 0.4) is 0 Å². The fourth-order valence-electron chi connectivity index (χ4n) is 1.68. The molecule has 0 atom stereocenters. The average Bonchev–Trinajstić information content (AvgIpc) is 2.72. The number of aryl methyl sites for hydroxylation is 1. The minimum atomic E-state index is -0.376. The molecule has 0 bridgehead atoms. The molecule has 0 spiro atoms. The molecule has 1 amide bonds. The van der Waals surface area contributed by atoms with Crippen molar-refractivity contribution in [2.45, 2.75) is 13.8 Å². The lowest BCUT2D eigenvalue weighted by Gasteiger charge is -2.05. The van der Waals surface area contributed by atoms with Crippen LogP contribution >= 0.6 is 0 Å². The fraction of sp³-hybridized carbons (Fsp3) is 0.200. The third-order valence-corrected chi connectivity index (χ3v) is 2.86. The number of furan rings is 1. The van der Waals surface area contributed by atoms with Crippen LogP contribution in [-0.4, -0.2) is 12.5 Å². The Hall–Kier alpha value is -2.74. The molecule has 0 unspecified atom stereocenters. The van der Waals surface area contributed by atoms with Gasteiger partial charge in [0.25, 0.3) is 5.91 Å². The SMILES string of the molecule is Cc1oc(NC(=O)COc2ccccc2)c(C#N)c1C. The van der Waals surface area contributed by atoms with E-state index in [1.807, 2.05) is 24.3 Å². The first kappa shape index (κ1) is 13.7. The van der Waals surface area contributed by atoms with Crippen LogP contribution in [0.1, 0.15) is 16.9 Å². The first-order valence-corrected chi connectivity index (χ1v) is 6.09. The van der Waals surface area contributed by atoms with E-state index in [0.29, 0.717) is 17.1 Å². The van der Waals surface area contributed by atoms with E-state index in [-0.39, 0.29) is 18.4 Å². The molecule has 1 heterocycles. The van der Waals surface area contributed by atoms with Crippen molar-refractivity contribution in [1.29, 1.82) is 5.26 Å². The highest BCUT2D eigenvalue weighted by atomic mass is 16.5. The zero-order chi connectivity index (χ0) is 14.5. The molecule has 0 saturated carbocycles. The predicted octanol–water partition coefficient (Wildman–Crippen LogP) is 2.79. The molecule has 2 aromatic rings. The number of hydrogen-bond acceptors (Lipinski definition) is 4. The number of carbonyl (C=O) groups is 1. The number of hydrogen-bond donors (Lipinski definition) is 1. The molecule has 0 aliphatic carbocycles. The van der Waals surface area contributed by atoms with Crippen LogP contribution in [0.4, 0.5) is 5.88 Å². The minimum absolute atomic E-state index is 0.145. The number of anilines is 1. The van der Waals surface area contributed by atoms with E-state index in [4.69, 9.17) is 14.4 Å². The summed E-state index contributed by atoms with van der Waals surface area (Å²) in [6.07, 6.45) is 0. The Bertz CT molecular complexity index is 654. The van der Waals surface area contributed by atoms with Gasteiger partial charge in [-0.05, 0) is 26.0 Å². The largest absolute Gasteiger partial charge is 0.484 e.